The average molecular weight is 347 g/mol. The Balaban J connectivity index is 2.08. The fourth-order valence-corrected chi connectivity index (χ4v) is 3.05. The Morgan fingerprint density at radius 2 is 2.08 bits per heavy atom. The second-order valence-electron chi connectivity index (χ2n) is 5.22. The van der Waals surface area contributed by atoms with E-state index in [9.17, 15) is 9.59 Å². The van der Waals surface area contributed by atoms with Gasteiger partial charge in [-0.15, -0.1) is 11.3 Å². The number of hydrogen-bond acceptors (Lipinski definition) is 6. The molecule has 0 aliphatic carbocycles. The van der Waals surface area contributed by atoms with E-state index in [0.717, 1.165) is 10.6 Å². The van der Waals surface area contributed by atoms with Crippen molar-refractivity contribution in [2.45, 2.75) is 25.3 Å². The number of amides is 1. The summed E-state index contributed by atoms with van der Waals surface area (Å²) >= 11 is 1.42. The van der Waals surface area contributed by atoms with Gasteiger partial charge in [0.05, 0.1) is 18.2 Å². The van der Waals surface area contributed by atoms with Crippen LogP contribution in [0, 0.1) is 0 Å². The van der Waals surface area contributed by atoms with E-state index in [0.29, 0.717) is 25.1 Å². The number of hydrogen-bond donors (Lipinski definition) is 2. The molecule has 128 valence electrons. The van der Waals surface area contributed by atoms with Crippen molar-refractivity contribution in [3.63, 3.8) is 0 Å². The number of carbonyl (C=O) groups excluding carboxylic acids is 2. The minimum atomic E-state index is -0.302. The van der Waals surface area contributed by atoms with Crippen molar-refractivity contribution in [1.82, 2.24) is 10.3 Å². The summed E-state index contributed by atoms with van der Waals surface area (Å²) in [4.78, 5) is 28.2. The first-order valence-corrected chi connectivity index (χ1v) is 8.59. The van der Waals surface area contributed by atoms with Crippen molar-refractivity contribution in [3.8, 4) is 0 Å². The van der Waals surface area contributed by atoms with Gasteiger partial charge in [-0.3, -0.25) is 9.59 Å². The number of thiazole rings is 1. The molecule has 1 heterocycles. The molecule has 0 saturated heterocycles. The first-order valence-electron chi connectivity index (χ1n) is 7.71. The number of nitrogens with one attached hydrogen (secondary N) is 1. The van der Waals surface area contributed by atoms with Crippen LogP contribution in [0.1, 0.15) is 39.9 Å². The lowest BCUT2D eigenvalue weighted by Gasteiger charge is -2.18. The van der Waals surface area contributed by atoms with Gasteiger partial charge in [0, 0.05) is 18.2 Å². The zero-order valence-corrected chi connectivity index (χ0v) is 14.3. The van der Waals surface area contributed by atoms with Gasteiger partial charge in [0.25, 0.3) is 5.91 Å². The van der Waals surface area contributed by atoms with Crippen LogP contribution >= 0.6 is 11.3 Å². The largest absolute Gasteiger partial charge is 0.469 e. The van der Waals surface area contributed by atoms with E-state index in [1.165, 1.54) is 18.4 Å². The van der Waals surface area contributed by atoms with Crippen molar-refractivity contribution >= 4 is 23.2 Å². The number of aromatic nitrogens is 1. The van der Waals surface area contributed by atoms with Gasteiger partial charge in [-0.05, 0) is 18.5 Å². The number of ether oxygens (including phenoxy) is 1. The molecule has 0 spiro atoms. The second-order valence-corrected chi connectivity index (χ2v) is 6.16. The Morgan fingerprint density at radius 3 is 2.75 bits per heavy atom. The number of nitrogens with zero attached hydrogens (tertiary/aromatic N) is 1. The Labute approximate surface area is 145 Å². The van der Waals surface area contributed by atoms with Crippen molar-refractivity contribution in [3.05, 3.63) is 52.0 Å². The summed E-state index contributed by atoms with van der Waals surface area (Å²) in [6, 6.07) is 9.26. The molecule has 0 bridgehead atoms. The molecular formula is C17H21N3O3S. The Morgan fingerprint density at radius 1 is 1.33 bits per heavy atom. The second kappa shape index (κ2) is 9.14. The molecule has 0 saturated carbocycles. The molecule has 0 fully saturated rings. The number of nitrogens with two attached hydrogens (primary N) is 1. The lowest BCUT2D eigenvalue weighted by molar-refractivity contribution is -0.140. The zero-order valence-electron chi connectivity index (χ0n) is 13.5. The van der Waals surface area contributed by atoms with Crippen molar-refractivity contribution in [1.29, 1.82) is 0 Å². The predicted octanol–water partition coefficient (Wildman–Crippen LogP) is 2.07. The minimum Gasteiger partial charge on any atom is -0.469 e. The number of rotatable bonds is 8. The standard InChI is InChI=1S/C17H21N3O3S/c1-23-16(21)8-7-13(12-5-3-2-4-6-12)20-17(22)14-11-24-15(19-14)9-10-18/h2-6,11,13H,7-10,18H2,1H3,(H,20,22). The molecule has 7 heteroatoms. The van der Waals surface area contributed by atoms with Crippen LogP contribution in [0.4, 0.5) is 0 Å². The summed E-state index contributed by atoms with van der Waals surface area (Å²) in [5, 5.41) is 5.52. The van der Waals surface area contributed by atoms with Crippen molar-refractivity contribution in [2.75, 3.05) is 13.7 Å². The molecule has 0 aliphatic rings. The van der Waals surface area contributed by atoms with E-state index < -0.39 is 0 Å². The summed E-state index contributed by atoms with van der Waals surface area (Å²) in [6.45, 7) is 0.500. The molecule has 0 aliphatic heterocycles. The fourth-order valence-electron chi connectivity index (χ4n) is 2.26. The van der Waals surface area contributed by atoms with Crippen molar-refractivity contribution < 1.29 is 14.3 Å². The van der Waals surface area contributed by atoms with E-state index >= 15 is 0 Å². The highest BCUT2D eigenvalue weighted by molar-refractivity contribution is 7.09. The van der Waals surface area contributed by atoms with E-state index in [1.807, 2.05) is 30.3 Å². The molecule has 1 amide bonds. The monoisotopic (exact) mass is 347 g/mol. The molecule has 2 aromatic rings. The van der Waals surface area contributed by atoms with E-state index in [4.69, 9.17) is 5.73 Å². The third-order valence-electron chi connectivity index (χ3n) is 3.51. The van der Waals surface area contributed by atoms with Gasteiger partial charge in [-0.1, -0.05) is 30.3 Å². The minimum absolute atomic E-state index is 0.228. The Bertz CT molecular complexity index is 673. The fraction of sp³-hybridized carbons (Fsp3) is 0.353. The quantitative estimate of drug-likeness (QED) is 0.713. The molecule has 24 heavy (non-hydrogen) atoms. The van der Waals surface area contributed by atoms with Crippen LogP contribution in [0.15, 0.2) is 35.7 Å². The van der Waals surface area contributed by atoms with Crippen LogP contribution in [0.25, 0.3) is 0 Å². The van der Waals surface area contributed by atoms with Crippen molar-refractivity contribution in [2.24, 2.45) is 5.73 Å². The van der Waals surface area contributed by atoms with Gasteiger partial charge in [0.2, 0.25) is 0 Å². The molecule has 6 nitrogen and oxygen atoms in total. The van der Waals surface area contributed by atoms with Crippen LogP contribution in [0.5, 0.6) is 0 Å². The third-order valence-corrected chi connectivity index (χ3v) is 4.42. The molecule has 1 aromatic heterocycles. The van der Waals surface area contributed by atoms with Gasteiger partial charge in [-0.2, -0.15) is 0 Å². The summed E-state index contributed by atoms with van der Waals surface area (Å²) in [7, 11) is 1.35. The molecule has 1 unspecified atom stereocenters. The van der Waals surface area contributed by atoms with E-state index in [2.05, 4.69) is 15.0 Å². The van der Waals surface area contributed by atoms with Crippen LogP contribution in [-0.2, 0) is 16.0 Å². The molecule has 1 aromatic carbocycles. The smallest absolute Gasteiger partial charge is 0.305 e. The first kappa shape index (κ1) is 18.1. The maximum Gasteiger partial charge on any atom is 0.305 e. The molecule has 2 rings (SSSR count). The van der Waals surface area contributed by atoms with Crippen LogP contribution in [-0.4, -0.2) is 30.5 Å². The Hall–Kier alpha value is -2.25. The predicted molar refractivity (Wildman–Crippen MR) is 92.8 cm³/mol. The molecule has 1 atom stereocenters. The number of methoxy groups -OCH3 is 1. The molecule has 3 N–H and O–H groups in total. The number of carbonyl (C=O) groups is 2. The number of esters is 1. The van der Waals surface area contributed by atoms with E-state index in [1.54, 1.807) is 5.38 Å². The molecular weight excluding hydrogens is 326 g/mol. The SMILES string of the molecule is COC(=O)CCC(NC(=O)c1csc(CCN)n1)c1ccccc1. The Kier molecular flexibility index (Phi) is 6.89. The summed E-state index contributed by atoms with van der Waals surface area (Å²) in [5.74, 6) is -0.558. The highest BCUT2D eigenvalue weighted by Crippen LogP contribution is 2.20. The summed E-state index contributed by atoms with van der Waals surface area (Å²) < 4.78 is 4.68. The summed E-state index contributed by atoms with van der Waals surface area (Å²) in [5.41, 5.74) is 6.82. The number of benzene rings is 1. The maximum atomic E-state index is 12.4. The summed E-state index contributed by atoms with van der Waals surface area (Å²) in [6.07, 6.45) is 1.34. The lowest BCUT2D eigenvalue weighted by atomic mass is 10.0. The topological polar surface area (TPSA) is 94.3 Å². The lowest BCUT2D eigenvalue weighted by Crippen LogP contribution is -2.29. The van der Waals surface area contributed by atoms with Gasteiger partial charge in [0.15, 0.2) is 0 Å². The average Bonchev–Trinajstić information content (AvgIpc) is 3.08. The van der Waals surface area contributed by atoms with Crippen LogP contribution in [0.3, 0.4) is 0 Å². The van der Waals surface area contributed by atoms with Crippen LogP contribution in [0.2, 0.25) is 0 Å². The third kappa shape index (κ3) is 5.14. The zero-order chi connectivity index (χ0) is 17.4. The highest BCUT2D eigenvalue weighted by Gasteiger charge is 2.19. The van der Waals surface area contributed by atoms with Gasteiger partial charge >= 0.3 is 5.97 Å². The normalized spacial score (nSPS) is 11.8. The van der Waals surface area contributed by atoms with Gasteiger partial charge < -0.3 is 15.8 Å². The highest BCUT2D eigenvalue weighted by atomic mass is 32.1. The molecule has 0 radical (unpaired) electrons. The van der Waals surface area contributed by atoms with Gasteiger partial charge in [-0.25, -0.2) is 4.98 Å². The first-order chi connectivity index (χ1) is 11.6. The van der Waals surface area contributed by atoms with Gasteiger partial charge in [0.1, 0.15) is 5.69 Å². The van der Waals surface area contributed by atoms with Crippen LogP contribution < -0.4 is 11.1 Å². The maximum absolute atomic E-state index is 12.4. The van der Waals surface area contributed by atoms with E-state index in [-0.39, 0.29) is 24.3 Å².